The van der Waals surface area contributed by atoms with Crippen LogP contribution in [0.3, 0.4) is 0 Å². The molecule has 3 aromatic carbocycles. The van der Waals surface area contributed by atoms with Crippen LogP contribution in [0.25, 0.3) is 0 Å². The van der Waals surface area contributed by atoms with Gasteiger partial charge in [0.1, 0.15) is 12.4 Å². The van der Waals surface area contributed by atoms with E-state index in [2.05, 4.69) is 35.7 Å². The lowest BCUT2D eigenvalue weighted by Crippen LogP contribution is -2.27. The molecule has 0 radical (unpaired) electrons. The van der Waals surface area contributed by atoms with Crippen molar-refractivity contribution in [3.8, 4) is 17.2 Å². The minimum Gasteiger partial charge on any atom is -0.493 e. The number of hydrogen-bond donors (Lipinski definition) is 2. The fraction of sp³-hybridized carbons (Fsp3) is 0.355. The smallest absolute Gasteiger partial charge is 0.161 e. The van der Waals surface area contributed by atoms with Crippen LogP contribution in [0, 0.1) is 0 Å². The zero-order valence-corrected chi connectivity index (χ0v) is 21.3. The van der Waals surface area contributed by atoms with Gasteiger partial charge in [-0.3, -0.25) is 0 Å². The number of aliphatic hydroxyl groups is 1. The minimum atomic E-state index is -0.800. The zero-order valence-electron chi connectivity index (χ0n) is 21.3. The second-order valence-corrected chi connectivity index (χ2v) is 9.36. The van der Waals surface area contributed by atoms with Crippen LogP contribution in [0.2, 0.25) is 0 Å². The predicted molar refractivity (Wildman–Crippen MR) is 144 cm³/mol. The van der Waals surface area contributed by atoms with E-state index in [0.29, 0.717) is 19.4 Å². The molecular formula is C31H37NO4. The predicted octanol–water partition coefficient (Wildman–Crippen LogP) is 5.28. The topological polar surface area (TPSA) is 60.0 Å². The first-order chi connectivity index (χ1) is 17.6. The Bertz CT molecular complexity index is 1110. The Hall–Kier alpha value is -3.28. The summed E-state index contributed by atoms with van der Waals surface area (Å²) in [6, 6.07) is 22.6. The third-order valence-corrected chi connectivity index (χ3v) is 6.79. The molecule has 0 amide bonds. The lowest BCUT2D eigenvalue weighted by atomic mass is 9.93. The molecule has 36 heavy (non-hydrogen) atoms. The standard InChI is InChI=1S/C31H37NO4/c1-34-29-21-26-12-16-31(33,17-13-27(26)22-30(29)35-2)15-7-18-32-19-14-24-10-6-11-28(20-24)36-23-25-8-4-3-5-9-25/h3-11,15,20-22,32-33H,12-14,16-19,23H2,1-2H3. The molecule has 1 aliphatic rings. The van der Waals surface area contributed by atoms with E-state index in [-0.39, 0.29) is 0 Å². The van der Waals surface area contributed by atoms with Gasteiger partial charge < -0.3 is 24.6 Å². The molecule has 0 saturated heterocycles. The molecular weight excluding hydrogens is 450 g/mol. The molecule has 4 rings (SSSR count). The van der Waals surface area contributed by atoms with Gasteiger partial charge in [-0.15, -0.1) is 0 Å². The Labute approximate surface area is 214 Å². The van der Waals surface area contributed by atoms with E-state index in [9.17, 15) is 5.11 Å². The molecule has 0 unspecified atom stereocenters. The van der Waals surface area contributed by atoms with Gasteiger partial charge in [-0.05, 0) is 85.2 Å². The molecule has 0 heterocycles. The Morgan fingerprint density at radius 2 is 1.53 bits per heavy atom. The van der Waals surface area contributed by atoms with Crippen molar-refractivity contribution in [2.45, 2.75) is 44.3 Å². The van der Waals surface area contributed by atoms with Crippen LogP contribution in [-0.2, 0) is 25.9 Å². The van der Waals surface area contributed by atoms with E-state index in [1.807, 2.05) is 48.5 Å². The molecule has 3 aromatic rings. The molecule has 0 bridgehead atoms. The Morgan fingerprint density at radius 1 is 0.861 bits per heavy atom. The lowest BCUT2D eigenvalue weighted by molar-refractivity contribution is 0.0753. The second-order valence-electron chi connectivity index (χ2n) is 9.36. The molecule has 2 N–H and O–H groups in total. The van der Waals surface area contributed by atoms with Crippen LogP contribution in [0.1, 0.15) is 35.1 Å². The third kappa shape index (κ3) is 7.12. The van der Waals surface area contributed by atoms with Gasteiger partial charge in [0, 0.05) is 6.54 Å². The average molecular weight is 488 g/mol. The third-order valence-electron chi connectivity index (χ3n) is 6.79. The normalized spacial score (nSPS) is 14.8. The van der Waals surface area contributed by atoms with Crippen molar-refractivity contribution < 1.29 is 19.3 Å². The van der Waals surface area contributed by atoms with Crippen LogP contribution in [0.15, 0.2) is 78.9 Å². The van der Waals surface area contributed by atoms with Crippen LogP contribution in [0.4, 0.5) is 0 Å². The highest BCUT2D eigenvalue weighted by atomic mass is 16.5. The van der Waals surface area contributed by atoms with Crippen molar-refractivity contribution in [3.63, 3.8) is 0 Å². The van der Waals surface area contributed by atoms with Crippen molar-refractivity contribution in [3.05, 3.63) is 101 Å². The van der Waals surface area contributed by atoms with E-state index in [1.54, 1.807) is 14.2 Å². The van der Waals surface area contributed by atoms with Crippen molar-refractivity contribution in [2.24, 2.45) is 0 Å². The highest BCUT2D eigenvalue weighted by Crippen LogP contribution is 2.36. The molecule has 0 saturated carbocycles. The van der Waals surface area contributed by atoms with Crippen LogP contribution >= 0.6 is 0 Å². The van der Waals surface area contributed by atoms with E-state index in [0.717, 1.165) is 55.2 Å². The molecule has 0 aromatic heterocycles. The molecule has 190 valence electrons. The molecule has 0 fully saturated rings. The number of fused-ring (bicyclic) bond motifs is 1. The van der Waals surface area contributed by atoms with Crippen LogP contribution < -0.4 is 19.5 Å². The molecule has 1 aliphatic carbocycles. The van der Waals surface area contributed by atoms with Crippen molar-refractivity contribution in [1.82, 2.24) is 5.32 Å². The number of hydrogen-bond acceptors (Lipinski definition) is 5. The number of methoxy groups -OCH3 is 2. The van der Waals surface area contributed by atoms with Crippen molar-refractivity contribution >= 4 is 0 Å². The van der Waals surface area contributed by atoms with E-state index in [1.165, 1.54) is 16.7 Å². The van der Waals surface area contributed by atoms with Gasteiger partial charge in [0.05, 0.1) is 19.8 Å². The fourth-order valence-electron chi connectivity index (χ4n) is 4.65. The van der Waals surface area contributed by atoms with Crippen molar-refractivity contribution in [1.29, 1.82) is 0 Å². The van der Waals surface area contributed by atoms with Gasteiger partial charge in [0.15, 0.2) is 11.5 Å². The minimum absolute atomic E-state index is 0.572. The van der Waals surface area contributed by atoms with Gasteiger partial charge in [-0.2, -0.15) is 0 Å². The molecule has 0 atom stereocenters. The Morgan fingerprint density at radius 3 is 2.19 bits per heavy atom. The largest absolute Gasteiger partial charge is 0.493 e. The number of nitrogens with one attached hydrogen (secondary N) is 1. The van der Waals surface area contributed by atoms with Gasteiger partial charge in [0.25, 0.3) is 0 Å². The summed E-state index contributed by atoms with van der Waals surface area (Å²) in [6.07, 6.45) is 7.96. The van der Waals surface area contributed by atoms with E-state index >= 15 is 0 Å². The maximum atomic E-state index is 11.2. The number of benzene rings is 3. The zero-order chi connectivity index (χ0) is 25.2. The molecule has 5 heteroatoms. The summed E-state index contributed by atoms with van der Waals surface area (Å²) in [5.41, 5.74) is 4.05. The second kappa shape index (κ2) is 12.6. The van der Waals surface area contributed by atoms with Crippen LogP contribution in [-0.4, -0.2) is 38.0 Å². The van der Waals surface area contributed by atoms with Gasteiger partial charge in [-0.1, -0.05) is 54.6 Å². The van der Waals surface area contributed by atoms with Gasteiger partial charge >= 0.3 is 0 Å². The van der Waals surface area contributed by atoms with Crippen molar-refractivity contribution in [2.75, 3.05) is 27.3 Å². The summed E-state index contributed by atoms with van der Waals surface area (Å²) in [5.74, 6) is 2.38. The van der Waals surface area contributed by atoms with E-state index in [4.69, 9.17) is 14.2 Å². The molecule has 0 spiro atoms. The molecule has 5 nitrogen and oxygen atoms in total. The highest BCUT2D eigenvalue weighted by Gasteiger charge is 2.27. The first kappa shape index (κ1) is 25.8. The average Bonchev–Trinajstić information content (AvgIpc) is 3.08. The monoisotopic (exact) mass is 487 g/mol. The Balaban J connectivity index is 1.21. The SMILES string of the molecule is COc1cc2c(cc1OC)CCC(O)(C=CCNCCc1cccc(OCc3ccccc3)c1)CC2. The maximum Gasteiger partial charge on any atom is 0.161 e. The fourth-order valence-corrected chi connectivity index (χ4v) is 4.65. The summed E-state index contributed by atoms with van der Waals surface area (Å²) in [6.45, 7) is 2.15. The first-order valence-electron chi connectivity index (χ1n) is 12.7. The Kier molecular flexibility index (Phi) is 9.04. The lowest BCUT2D eigenvalue weighted by Gasteiger charge is -2.22. The van der Waals surface area contributed by atoms with Gasteiger partial charge in [-0.25, -0.2) is 0 Å². The van der Waals surface area contributed by atoms with Crippen LogP contribution in [0.5, 0.6) is 17.2 Å². The summed E-state index contributed by atoms with van der Waals surface area (Å²) in [7, 11) is 3.31. The summed E-state index contributed by atoms with van der Waals surface area (Å²) >= 11 is 0. The highest BCUT2D eigenvalue weighted by molar-refractivity contribution is 5.48. The summed E-state index contributed by atoms with van der Waals surface area (Å²) < 4.78 is 16.8. The maximum absolute atomic E-state index is 11.2. The molecule has 0 aliphatic heterocycles. The number of aryl methyl sites for hydroxylation is 2. The summed E-state index contributed by atoms with van der Waals surface area (Å²) in [5, 5.41) is 14.6. The first-order valence-corrected chi connectivity index (χ1v) is 12.7. The number of ether oxygens (including phenoxy) is 3. The number of rotatable bonds is 11. The van der Waals surface area contributed by atoms with Gasteiger partial charge in [0.2, 0.25) is 0 Å². The quantitative estimate of drug-likeness (QED) is 0.219. The summed E-state index contributed by atoms with van der Waals surface area (Å²) in [4.78, 5) is 0. The van der Waals surface area contributed by atoms with E-state index < -0.39 is 5.60 Å².